The van der Waals surface area contributed by atoms with Crippen molar-refractivity contribution in [3.8, 4) is 0 Å². The predicted molar refractivity (Wildman–Crippen MR) is 96.1 cm³/mol. The molecule has 0 atom stereocenters. The smallest absolute Gasteiger partial charge is 0.290 e. The van der Waals surface area contributed by atoms with Crippen molar-refractivity contribution in [2.24, 2.45) is 0 Å². The molecule has 7 heteroatoms. The van der Waals surface area contributed by atoms with Gasteiger partial charge in [0.15, 0.2) is 5.76 Å². The van der Waals surface area contributed by atoms with Gasteiger partial charge in [0.05, 0.1) is 6.20 Å². The molecule has 0 spiro atoms. The molecule has 1 aromatic carbocycles. The molecule has 128 valence electrons. The van der Waals surface area contributed by atoms with Crippen molar-refractivity contribution in [2.75, 3.05) is 31.1 Å². The number of piperazine rings is 1. The van der Waals surface area contributed by atoms with Crippen molar-refractivity contribution in [2.45, 2.75) is 6.92 Å². The van der Waals surface area contributed by atoms with Gasteiger partial charge in [-0.05, 0) is 25.1 Å². The minimum absolute atomic E-state index is 0.0800. The number of halogens is 1. The highest BCUT2D eigenvalue weighted by Crippen LogP contribution is 2.29. The molecule has 1 aliphatic heterocycles. The zero-order chi connectivity index (χ0) is 17.4. The zero-order valence-corrected chi connectivity index (χ0v) is 14.5. The Morgan fingerprint density at radius 2 is 2.00 bits per heavy atom. The van der Waals surface area contributed by atoms with E-state index < -0.39 is 0 Å². The van der Waals surface area contributed by atoms with Crippen molar-refractivity contribution >= 4 is 34.3 Å². The van der Waals surface area contributed by atoms with Crippen LogP contribution in [-0.2, 0) is 0 Å². The van der Waals surface area contributed by atoms with E-state index in [1.807, 2.05) is 17.9 Å². The van der Waals surface area contributed by atoms with Crippen LogP contribution in [0.3, 0.4) is 0 Å². The third kappa shape index (κ3) is 2.93. The first-order valence-electron chi connectivity index (χ1n) is 8.12. The topological polar surface area (TPSA) is 62.5 Å². The van der Waals surface area contributed by atoms with Crippen LogP contribution in [0.1, 0.15) is 16.1 Å². The molecule has 2 aromatic heterocycles. The van der Waals surface area contributed by atoms with Crippen LogP contribution >= 0.6 is 11.6 Å². The lowest BCUT2D eigenvalue weighted by molar-refractivity contribution is 0.0716. The first-order chi connectivity index (χ1) is 12.1. The second-order valence-electron chi connectivity index (χ2n) is 6.04. The van der Waals surface area contributed by atoms with Crippen molar-refractivity contribution in [1.29, 1.82) is 0 Å². The lowest BCUT2D eigenvalue weighted by atomic mass is 10.1. The van der Waals surface area contributed by atoms with Gasteiger partial charge in [-0.25, -0.2) is 4.98 Å². The van der Waals surface area contributed by atoms with Crippen molar-refractivity contribution in [3.05, 3.63) is 53.1 Å². The summed E-state index contributed by atoms with van der Waals surface area (Å²) in [6.45, 7) is 4.57. The predicted octanol–water partition coefficient (Wildman–Crippen LogP) is 3.15. The minimum atomic E-state index is -0.0800. The number of nitrogens with zero attached hydrogens (tertiary/aromatic N) is 4. The maximum absolute atomic E-state index is 12.9. The van der Waals surface area contributed by atoms with Gasteiger partial charge >= 0.3 is 0 Å². The largest absolute Gasteiger partial charge is 0.451 e. The monoisotopic (exact) mass is 356 g/mol. The van der Waals surface area contributed by atoms with E-state index in [4.69, 9.17) is 16.0 Å². The fourth-order valence-corrected chi connectivity index (χ4v) is 3.31. The van der Waals surface area contributed by atoms with E-state index in [0.29, 0.717) is 29.5 Å². The van der Waals surface area contributed by atoms with Gasteiger partial charge in [0.1, 0.15) is 11.4 Å². The number of furan rings is 1. The number of benzene rings is 1. The molecular weight excluding hydrogens is 340 g/mol. The van der Waals surface area contributed by atoms with E-state index in [2.05, 4.69) is 14.9 Å². The quantitative estimate of drug-likeness (QED) is 0.705. The number of aryl methyl sites for hydroxylation is 1. The van der Waals surface area contributed by atoms with Crippen LogP contribution in [0.25, 0.3) is 11.0 Å². The molecular formula is C18H17ClN4O2. The second kappa shape index (κ2) is 6.37. The summed E-state index contributed by atoms with van der Waals surface area (Å²) in [7, 11) is 0. The van der Waals surface area contributed by atoms with E-state index in [0.717, 1.165) is 29.9 Å². The van der Waals surface area contributed by atoms with Crippen molar-refractivity contribution in [1.82, 2.24) is 14.9 Å². The van der Waals surface area contributed by atoms with Crippen LogP contribution < -0.4 is 4.90 Å². The van der Waals surface area contributed by atoms with Gasteiger partial charge in [-0.15, -0.1) is 0 Å². The Bertz CT molecular complexity index is 917. The zero-order valence-electron chi connectivity index (χ0n) is 13.8. The Morgan fingerprint density at radius 1 is 1.20 bits per heavy atom. The van der Waals surface area contributed by atoms with E-state index in [9.17, 15) is 4.79 Å². The number of aromatic nitrogens is 2. The van der Waals surface area contributed by atoms with Crippen LogP contribution in [0.4, 0.5) is 5.82 Å². The Kier molecular flexibility index (Phi) is 4.05. The molecule has 1 saturated heterocycles. The van der Waals surface area contributed by atoms with E-state index in [-0.39, 0.29) is 5.91 Å². The Morgan fingerprint density at radius 3 is 2.72 bits per heavy atom. The highest BCUT2D eigenvalue weighted by molar-refractivity contribution is 6.31. The average molecular weight is 357 g/mol. The maximum atomic E-state index is 12.9. The van der Waals surface area contributed by atoms with E-state index in [1.165, 1.54) is 0 Å². The number of amides is 1. The molecule has 0 unspecified atom stereocenters. The number of hydrogen-bond donors (Lipinski definition) is 0. The molecule has 6 nitrogen and oxygen atoms in total. The SMILES string of the molecule is Cc1c(C(=O)N2CCN(c3cnccn3)CC2)oc2ccc(Cl)cc12. The van der Waals surface area contributed by atoms with Gasteiger partial charge in [0, 0.05) is 54.5 Å². The summed E-state index contributed by atoms with van der Waals surface area (Å²) < 4.78 is 5.79. The summed E-state index contributed by atoms with van der Waals surface area (Å²) in [5.74, 6) is 1.15. The molecule has 1 amide bonds. The molecule has 0 bridgehead atoms. The molecule has 0 saturated carbocycles. The Hall–Kier alpha value is -2.60. The number of anilines is 1. The highest BCUT2D eigenvalue weighted by Gasteiger charge is 2.27. The summed E-state index contributed by atoms with van der Waals surface area (Å²) in [5, 5.41) is 1.52. The normalized spacial score (nSPS) is 15.0. The lowest BCUT2D eigenvalue weighted by Gasteiger charge is -2.34. The fourth-order valence-electron chi connectivity index (χ4n) is 3.13. The molecule has 3 heterocycles. The van der Waals surface area contributed by atoms with Gasteiger partial charge in [0.25, 0.3) is 5.91 Å². The van der Waals surface area contributed by atoms with Gasteiger partial charge in [-0.2, -0.15) is 0 Å². The molecule has 0 aliphatic carbocycles. The van der Waals surface area contributed by atoms with E-state index in [1.54, 1.807) is 30.7 Å². The first kappa shape index (κ1) is 15.9. The van der Waals surface area contributed by atoms with Gasteiger partial charge in [0.2, 0.25) is 0 Å². The third-order valence-corrected chi connectivity index (χ3v) is 4.77. The number of fused-ring (bicyclic) bond motifs is 1. The van der Waals surface area contributed by atoms with Crippen LogP contribution in [0.2, 0.25) is 5.02 Å². The lowest BCUT2D eigenvalue weighted by Crippen LogP contribution is -2.49. The van der Waals surface area contributed by atoms with Crippen LogP contribution in [0.5, 0.6) is 0 Å². The number of hydrogen-bond acceptors (Lipinski definition) is 5. The molecule has 0 radical (unpaired) electrons. The minimum Gasteiger partial charge on any atom is -0.451 e. The summed E-state index contributed by atoms with van der Waals surface area (Å²) in [6, 6.07) is 5.40. The van der Waals surface area contributed by atoms with Gasteiger partial charge in [-0.1, -0.05) is 11.6 Å². The number of rotatable bonds is 2. The van der Waals surface area contributed by atoms with Gasteiger partial charge in [-0.3, -0.25) is 9.78 Å². The van der Waals surface area contributed by atoms with Crippen molar-refractivity contribution in [3.63, 3.8) is 0 Å². The average Bonchev–Trinajstić information content (AvgIpc) is 2.98. The van der Waals surface area contributed by atoms with Crippen LogP contribution in [-0.4, -0.2) is 47.0 Å². The summed E-state index contributed by atoms with van der Waals surface area (Å²) in [5.41, 5.74) is 1.52. The highest BCUT2D eigenvalue weighted by atomic mass is 35.5. The van der Waals surface area contributed by atoms with Crippen LogP contribution in [0.15, 0.2) is 41.2 Å². The molecule has 1 aliphatic rings. The molecule has 4 rings (SSSR count). The summed E-state index contributed by atoms with van der Waals surface area (Å²) in [4.78, 5) is 25.2. The first-order valence-corrected chi connectivity index (χ1v) is 8.50. The molecule has 3 aromatic rings. The maximum Gasteiger partial charge on any atom is 0.290 e. The van der Waals surface area contributed by atoms with E-state index >= 15 is 0 Å². The second-order valence-corrected chi connectivity index (χ2v) is 6.48. The Balaban J connectivity index is 1.52. The molecule has 1 fully saturated rings. The van der Waals surface area contributed by atoms with Crippen LogP contribution in [0, 0.1) is 6.92 Å². The number of carbonyl (C=O) groups excluding carboxylic acids is 1. The van der Waals surface area contributed by atoms with Crippen molar-refractivity contribution < 1.29 is 9.21 Å². The third-order valence-electron chi connectivity index (χ3n) is 4.53. The summed E-state index contributed by atoms with van der Waals surface area (Å²) in [6.07, 6.45) is 5.07. The Labute approximate surface area is 150 Å². The number of carbonyl (C=O) groups is 1. The summed E-state index contributed by atoms with van der Waals surface area (Å²) >= 11 is 6.05. The fraction of sp³-hybridized carbons (Fsp3) is 0.278. The molecule has 25 heavy (non-hydrogen) atoms. The van der Waals surface area contributed by atoms with Gasteiger partial charge < -0.3 is 14.2 Å². The standard InChI is InChI=1S/C18H17ClN4O2/c1-12-14-10-13(19)2-3-15(14)25-17(12)18(24)23-8-6-22(7-9-23)16-11-20-4-5-21-16/h2-5,10-11H,6-9H2,1H3. The molecule has 0 N–H and O–H groups in total.